The molecular formula is C17H17BF4O4S. The number of esters is 2. The van der Waals surface area contributed by atoms with Gasteiger partial charge in [0, 0.05) is 11.1 Å². The topological polar surface area (TPSA) is 52.6 Å². The molecule has 0 saturated heterocycles. The van der Waals surface area contributed by atoms with Crippen molar-refractivity contribution in [2.75, 3.05) is 14.2 Å². The second-order valence-electron chi connectivity index (χ2n) is 5.09. The Balaban J connectivity index is 0.000000646. The van der Waals surface area contributed by atoms with Gasteiger partial charge in [-0.15, -0.1) is 0 Å². The fourth-order valence-corrected chi connectivity index (χ4v) is 2.76. The number of carbonyl (C=O) groups excluding carboxylic acids is 2. The van der Waals surface area contributed by atoms with E-state index in [9.17, 15) is 26.9 Å². The van der Waals surface area contributed by atoms with Crippen molar-refractivity contribution < 1.29 is 36.3 Å². The summed E-state index contributed by atoms with van der Waals surface area (Å²) >= 11 is 3.64. The highest BCUT2D eigenvalue weighted by Gasteiger charge is 2.26. The highest BCUT2D eigenvalue weighted by molar-refractivity contribution is 7.59. The minimum absolute atomic E-state index is 0.342. The van der Waals surface area contributed by atoms with Crippen molar-refractivity contribution in [1.82, 2.24) is 0 Å². The SMILES string of the molecule is COC(=O)c1ccccc1C([SH2+])c1ccccc1C(=O)OC.F[B-](F)(F)F. The molecule has 0 atom stereocenters. The molecule has 0 saturated carbocycles. The van der Waals surface area contributed by atoms with Crippen molar-refractivity contribution in [3.63, 3.8) is 0 Å². The molecule has 146 valence electrons. The minimum atomic E-state index is -6.00. The summed E-state index contributed by atoms with van der Waals surface area (Å²) in [4.78, 5) is 23.8. The maximum absolute atomic E-state index is 11.9. The molecule has 0 heterocycles. The van der Waals surface area contributed by atoms with Gasteiger partial charge >= 0.3 is 19.2 Å². The Morgan fingerprint density at radius 1 is 0.815 bits per heavy atom. The summed E-state index contributed by atoms with van der Waals surface area (Å²) in [5.41, 5.74) is 2.35. The number of rotatable bonds is 4. The van der Waals surface area contributed by atoms with Gasteiger partial charge < -0.3 is 26.7 Å². The zero-order valence-corrected chi connectivity index (χ0v) is 15.4. The zero-order chi connectivity index (χ0) is 20.6. The Kier molecular flexibility index (Phi) is 8.36. The van der Waals surface area contributed by atoms with Crippen LogP contribution >= 0.6 is 0 Å². The molecule has 0 aliphatic carbocycles. The van der Waals surface area contributed by atoms with Gasteiger partial charge in [-0.05, 0) is 24.8 Å². The molecule has 0 aliphatic rings. The molecule has 10 heteroatoms. The van der Waals surface area contributed by atoms with E-state index in [4.69, 9.17) is 9.47 Å². The van der Waals surface area contributed by atoms with Crippen LogP contribution in [0.25, 0.3) is 0 Å². The lowest BCUT2D eigenvalue weighted by Crippen LogP contribution is -2.12. The first kappa shape index (κ1) is 22.6. The van der Waals surface area contributed by atoms with Crippen molar-refractivity contribution in [1.29, 1.82) is 0 Å². The molecule has 0 fully saturated rings. The number of methoxy groups -OCH3 is 2. The number of hydrogen-bond acceptors (Lipinski definition) is 4. The van der Waals surface area contributed by atoms with Gasteiger partial charge in [0.1, 0.15) is 0 Å². The van der Waals surface area contributed by atoms with Crippen molar-refractivity contribution in [2.24, 2.45) is 0 Å². The van der Waals surface area contributed by atoms with Gasteiger partial charge in [0.2, 0.25) is 0 Å². The van der Waals surface area contributed by atoms with Gasteiger partial charge in [-0.25, -0.2) is 9.59 Å². The number of benzene rings is 2. The summed E-state index contributed by atoms with van der Waals surface area (Å²) in [5.74, 6) is -0.844. The van der Waals surface area contributed by atoms with Crippen molar-refractivity contribution in [3.8, 4) is 0 Å². The molecule has 0 spiro atoms. The molecule has 27 heavy (non-hydrogen) atoms. The van der Waals surface area contributed by atoms with Crippen LogP contribution in [0.15, 0.2) is 48.5 Å². The minimum Gasteiger partial charge on any atom is -0.465 e. The average Bonchev–Trinajstić information content (AvgIpc) is 2.64. The molecule has 0 bridgehead atoms. The number of halogens is 4. The van der Waals surface area contributed by atoms with Gasteiger partial charge in [0.15, 0.2) is 5.25 Å². The lowest BCUT2D eigenvalue weighted by molar-refractivity contribution is 0.0592. The largest absolute Gasteiger partial charge is 0.673 e. The molecule has 0 amide bonds. The van der Waals surface area contributed by atoms with Crippen molar-refractivity contribution in [3.05, 3.63) is 70.8 Å². The second kappa shape index (κ2) is 10.0. The van der Waals surface area contributed by atoms with Crippen LogP contribution in [0.3, 0.4) is 0 Å². The van der Waals surface area contributed by atoms with Crippen LogP contribution in [0, 0.1) is 0 Å². The van der Waals surface area contributed by atoms with E-state index < -0.39 is 19.2 Å². The smallest absolute Gasteiger partial charge is 0.465 e. The Morgan fingerprint density at radius 3 is 1.41 bits per heavy atom. The van der Waals surface area contributed by atoms with Gasteiger partial charge in [-0.3, -0.25) is 0 Å². The van der Waals surface area contributed by atoms with Crippen LogP contribution in [0.4, 0.5) is 17.3 Å². The average molecular weight is 404 g/mol. The monoisotopic (exact) mass is 404 g/mol. The molecule has 0 unspecified atom stereocenters. The first-order valence-corrected chi connectivity index (χ1v) is 8.10. The van der Waals surface area contributed by atoms with Crippen LogP contribution in [-0.4, -0.2) is 33.4 Å². The van der Waals surface area contributed by atoms with Gasteiger partial charge in [-0.1, -0.05) is 36.4 Å². The lowest BCUT2D eigenvalue weighted by Gasteiger charge is -2.13. The summed E-state index contributed by atoms with van der Waals surface area (Å²) in [6, 6.07) is 14.2. The first-order valence-electron chi connectivity index (χ1n) is 7.53. The molecule has 0 N–H and O–H groups in total. The molecule has 0 aliphatic heterocycles. The number of hydrogen-bond donors (Lipinski definition) is 0. The predicted molar refractivity (Wildman–Crippen MR) is 97.7 cm³/mol. The normalized spacial score (nSPS) is 10.7. The number of carbonyl (C=O) groups is 2. The maximum Gasteiger partial charge on any atom is 0.673 e. The van der Waals surface area contributed by atoms with Crippen LogP contribution in [-0.2, 0) is 22.1 Å². The number of ether oxygens (including phenoxy) is 2. The first-order chi connectivity index (χ1) is 12.6. The third-order valence-electron chi connectivity index (χ3n) is 3.35. The van der Waals surface area contributed by atoms with Crippen LogP contribution in [0.1, 0.15) is 37.1 Å². The van der Waals surface area contributed by atoms with E-state index >= 15 is 0 Å². The van der Waals surface area contributed by atoms with E-state index in [1.54, 1.807) is 24.3 Å². The van der Waals surface area contributed by atoms with Gasteiger partial charge in [0.25, 0.3) is 0 Å². The summed E-state index contributed by atoms with van der Waals surface area (Å²) in [6.45, 7) is 0. The Labute approximate surface area is 159 Å². The quantitative estimate of drug-likeness (QED) is 0.338. The summed E-state index contributed by atoms with van der Waals surface area (Å²) < 4.78 is 48.6. The maximum atomic E-state index is 11.9. The predicted octanol–water partition coefficient (Wildman–Crippen LogP) is 3.66. The van der Waals surface area contributed by atoms with E-state index in [0.29, 0.717) is 11.1 Å². The van der Waals surface area contributed by atoms with E-state index in [0.717, 1.165) is 11.1 Å². The third kappa shape index (κ3) is 6.97. The van der Waals surface area contributed by atoms with Crippen molar-refractivity contribution >= 4 is 31.8 Å². The molecule has 2 aromatic carbocycles. The molecule has 4 nitrogen and oxygen atoms in total. The van der Waals surface area contributed by atoms with E-state index in [1.807, 2.05) is 24.3 Å². The molecule has 0 aromatic heterocycles. The molecule has 0 radical (unpaired) electrons. The van der Waals surface area contributed by atoms with Gasteiger partial charge in [-0.2, -0.15) is 0 Å². The molecule has 2 aromatic rings. The standard InChI is InChI=1S/C17H16O4S.BF4/c1-20-16(18)13-9-5-3-7-11(13)15(22)12-8-4-6-10-14(12)17(19)21-2;2-1(3,4)5/h3-10,15,22H,1-2H3;/q;-1/p+1. The highest BCUT2D eigenvalue weighted by atomic mass is 32.1. The van der Waals surface area contributed by atoms with Crippen LogP contribution in [0.5, 0.6) is 0 Å². The fraction of sp³-hybridized carbons (Fsp3) is 0.176. The van der Waals surface area contributed by atoms with E-state index in [1.165, 1.54) is 14.2 Å². The van der Waals surface area contributed by atoms with Crippen LogP contribution in [0.2, 0.25) is 0 Å². The second-order valence-corrected chi connectivity index (χ2v) is 5.66. The van der Waals surface area contributed by atoms with Crippen LogP contribution < -0.4 is 0 Å². The fourth-order valence-electron chi connectivity index (χ4n) is 2.26. The van der Waals surface area contributed by atoms with Crippen molar-refractivity contribution in [2.45, 2.75) is 5.25 Å². The Hall–Kier alpha value is -2.49. The Morgan fingerprint density at radius 2 is 1.11 bits per heavy atom. The summed E-state index contributed by atoms with van der Waals surface area (Å²) in [7, 11) is -3.33. The third-order valence-corrected chi connectivity index (χ3v) is 3.98. The zero-order valence-electron chi connectivity index (χ0n) is 14.4. The lowest BCUT2D eigenvalue weighted by atomic mass is 9.95. The highest BCUT2D eigenvalue weighted by Crippen LogP contribution is 2.29. The summed E-state index contributed by atoms with van der Waals surface area (Å²) in [5, 5.41) is -0.342. The molecular weight excluding hydrogens is 387 g/mol. The summed E-state index contributed by atoms with van der Waals surface area (Å²) in [6.07, 6.45) is 0. The molecule has 2 rings (SSSR count). The van der Waals surface area contributed by atoms with E-state index in [2.05, 4.69) is 12.6 Å². The van der Waals surface area contributed by atoms with Gasteiger partial charge in [0.05, 0.1) is 25.3 Å². The van der Waals surface area contributed by atoms with E-state index in [-0.39, 0.29) is 5.25 Å². The Bertz CT molecular complexity index is 733.